The van der Waals surface area contributed by atoms with Crippen molar-refractivity contribution < 1.29 is 22.7 Å². The summed E-state index contributed by atoms with van der Waals surface area (Å²) < 4.78 is 52.8. The Morgan fingerprint density at radius 1 is 1.17 bits per heavy atom. The Morgan fingerprint density at radius 2 is 2.00 bits per heavy atom. The van der Waals surface area contributed by atoms with Crippen LogP contribution in [0.1, 0.15) is 67.7 Å². The number of carbonyl (C=O) groups excluding carboxylic acids is 1. The first kappa shape index (κ1) is 33.5. The number of aryl methyl sites for hydroxylation is 2. The minimum absolute atomic E-state index is 0.0494. The molecule has 1 amide bonds. The lowest BCUT2D eigenvalue weighted by atomic mass is 9.79. The molecule has 2 aliphatic carbocycles. The van der Waals surface area contributed by atoms with Crippen molar-refractivity contribution in [2.75, 3.05) is 13.1 Å². The Hall–Kier alpha value is -4.31. The predicted octanol–water partition coefficient (Wildman–Crippen LogP) is 8.32. The summed E-state index contributed by atoms with van der Waals surface area (Å²) in [6.07, 6.45) is 4.23. The molecule has 0 spiro atoms. The zero-order chi connectivity index (χ0) is 36.0. The lowest BCUT2D eigenvalue weighted by Gasteiger charge is -2.39. The van der Waals surface area contributed by atoms with E-state index in [4.69, 9.17) is 32.9 Å². The van der Waals surface area contributed by atoms with Crippen LogP contribution in [0.25, 0.3) is 32.9 Å². The number of hydrogen-bond acceptors (Lipinski definition) is 6. The number of carbonyl (C=O) groups is 1. The van der Waals surface area contributed by atoms with E-state index in [1.54, 1.807) is 18.2 Å². The second kappa shape index (κ2) is 12.7. The van der Waals surface area contributed by atoms with Gasteiger partial charge in [0.05, 0.1) is 40.3 Å². The molecule has 52 heavy (non-hydrogen) atoms. The lowest BCUT2D eigenvalue weighted by Crippen LogP contribution is -2.41. The molecule has 3 aliphatic heterocycles. The lowest BCUT2D eigenvalue weighted by molar-refractivity contribution is -0.133. The maximum Gasteiger partial charge on any atom is 0.333 e. The van der Waals surface area contributed by atoms with Crippen LogP contribution in [0.15, 0.2) is 42.6 Å². The van der Waals surface area contributed by atoms with Crippen LogP contribution in [0.5, 0.6) is 5.88 Å². The molecule has 9 nitrogen and oxygen atoms in total. The summed E-state index contributed by atoms with van der Waals surface area (Å²) in [4.78, 5) is 20.7. The number of likely N-dealkylation sites (tertiary alicyclic amines) is 1. The van der Waals surface area contributed by atoms with Gasteiger partial charge in [0.25, 0.3) is 0 Å². The van der Waals surface area contributed by atoms with E-state index < -0.39 is 18.5 Å². The standard InChI is InChI=1S/C38H34Cl2F3N7O2/c1-18-24-15-29(28-14-22(17-48(28)37(51)19-7-8-19)52-30-9-11-49(47-30)38(42)43)50(35-21-13-27(35)45-16-21)36(24)25-12-20(4-3-10-44)31(33(41)34(25)46-18)23-5-2-6-26(39)32(23)40/h2,5-6,9,11-12,15,19,21-22,27-28,35,38,45H,3-4,7-8,13-14,16-17H2,1H3. The number of benzene rings is 2. The molecule has 5 aromatic rings. The third-order valence-corrected chi connectivity index (χ3v) is 12.1. The predicted molar refractivity (Wildman–Crippen MR) is 190 cm³/mol. The minimum atomic E-state index is -2.79. The van der Waals surface area contributed by atoms with Crippen LogP contribution in [0.4, 0.5) is 13.2 Å². The Kier molecular flexibility index (Phi) is 8.17. The molecule has 268 valence electrons. The van der Waals surface area contributed by atoms with E-state index in [-0.39, 0.29) is 71.3 Å². The smallest absolute Gasteiger partial charge is 0.333 e. The van der Waals surface area contributed by atoms with Crippen molar-refractivity contribution in [3.05, 3.63) is 75.4 Å². The van der Waals surface area contributed by atoms with Crippen LogP contribution in [-0.2, 0) is 11.2 Å². The summed E-state index contributed by atoms with van der Waals surface area (Å²) in [6, 6.07) is 12.6. The average molecular weight is 749 g/mol. The maximum absolute atomic E-state index is 17.1. The fourth-order valence-electron chi connectivity index (χ4n) is 8.73. The van der Waals surface area contributed by atoms with Gasteiger partial charge in [-0.2, -0.15) is 14.0 Å². The van der Waals surface area contributed by atoms with Gasteiger partial charge in [-0.15, -0.1) is 5.10 Å². The number of aromatic nitrogens is 4. The Labute approximate surface area is 307 Å². The van der Waals surface area contributed by atoms with Gasteiger partial charge in [0, 0.05) is 76.9 Å². The van der Waals surface area contributed by atoms with Crippen LogP contribution in [0.3, 0.4) is 0 Å². The number of nitriles is 1. The van der Waals surface area contributed by atoms with Gasteiger partial charge < -0.3 is 19.5 Å². The highest BCUT2D eigenvalue weighted by atomic mass is 35.5. The van der Waals surface area contributed by atoms with E-state index in [0.29, 0.717) is 44.3 Å². The average Bonchev–Trinajstić information content (AvgIpc) is 3.59. The first-order valence-corrected chi connectivity index (χ1v) is 18.4. The normalized spacial score (nSPS) is 23.9. The van der Waals surface area contributed by atoms with E-state index in [9.17, 15) is 18.8 Å². The number of halogens is 5. The van der Waals surface area contributed by atoms with Crippen molar-refractivity contribution in [3.8, 4) is 23.1 Å². The number of amides is 1. The summed E-state index contributed by atoms with van der Waals surface area (Å²) in [7, 11) is 0. The molecule has 10 rings (SSSR count). The fourth-order valence-corrected chi connectivity index (χ4v) is 9.13. The highest BCUT2D eigenvalue weighted by Gasteiger charge is 2.51. The quantitative estimate of drug-likeness (QED) is 0.163. The van der Waals surface area contributed by atoms with Gasteiger partial charge in [0.2, 0.25) is 11.8 Å². The zero-order valence-corrected chi connectivity index (χ0v) is 29.6. The molecule has 2 bridgehead atoms. The van der Waals surface area contributed by atoms with Gasteiger partial charge in [0.1, 0.15) is 11.6 Å². The molecule has 2 saturated carbocycles. The van der Waals surface area contributed by atoms with E-state index in [2.05, 4.69) is 27.1 Å². The summed E-state index contributed by atoms with van der Waals surface area (Å²) in [6.45, 7) is 0.210. The third-order valence-electron chi connectivity index (χ3n) is 11.3. The van der Waals surface area contributed by atoms with Crippen LogP contribution in [0.2, 0.25) is 10.0 Å². The Balaban J connectivity index is 1.24. The first-order chi connectivity index (χ1) is 25.1. The first-order valence-electron chi connectivity index (χ1n) is 17.6. The molecule has 3 aromatic heterocycles. The Morgan fingerprint density at radius 3 is 2.69 bits per heavy atom. The summed E-state index contributed by atoms with van der Waals surface area (Å²) in [5.41, 5.74) is 3.90. The van der Waals surface area contributed by atoms with Gasteiger partial charge in [-0.3, -0.25) is 4.79 Å². The van der Waals surface area contributed by atoms with Gasteiger partial charge in [-0.05, 0) is 62.3 Å². The minimum Gasteiger partial charge on any atom is -0.471 e. The number of ether oxygens (including phenoxy) is 1. The SMILES string of the molecule is Cc1nc2c(F)c(-c3cccc(Cl)c3Cl)c(CCC#N)cc2c2c1cc(C1CC(Oc3ccn(C(F)F)n3)CN1C(=O)C1CC1)n2C1C2CNC1C2. The molecule has 5 unspecified atom stereocenters. The van der Waals surface area contributed by atoms with Gasteiger partial charge in [-0.25, -0.2) is 14.1 Å². The zero-order valence-electron chi connectivity index (χ0n) is 28.1. The monoisotopic (exact) mass is 747 g/mol. The van der Waals surface area contributed by atoms with Gasteiger partial charge in [0.15, 0.2) is 5.82 Å². The van der Waals surface area contributed by atoms with Crippen molar-refractivity contribution in [1.82, 2.24) is 29.5 Å². The molecule has 2 aromatic carbocycles. The molecule has 5 fully saturated rings. The van der Waals surface area contributed by atoms with Crippen molar-refractivity contribution in [3.63, 3.8) is 0 Å². The fraction of sp³-hybridized carbons (Fsp3) is 0.421. The molecule has 5 aliphatic rings. The van der Waals surface area contributed by atoms with Crippen LogP contribution in [0, 0.1) is 35.9 Å². The van der Waals surface area contributed by atoms with Crippen molar-refractivity contribution in [2.45, 2.75) is 76.2 Å². The molecule has 0 radical (unpaired) electrons. The summed E-state index contributed by atoms with van der Waals surface area (Å²) in [5, 5.41) is 19.1. The highest BCUT2D eigenvalue weighted by molar-refractivity contribution is 6.43. The number of nitrogens with one attached hydrogen (secondary N) is 1. The van der Waals surface area contributed by atoms with Crippen LogP contribution in [-0.4, -0.2) is 55.4 Å². The van der Waals surface area contributed by atoms with Crippen molar-refractivity contribution >= 4 is 50.9 Å². The molecular weight excluding hydrogens is 714 g/mol. The molecule has 5 atom stereocenters. The number of hydrogen-bond donors (Lipinski definition) is 1. The number of rotatable bonds is 9. The topological polar surface area (TPSA) is 101 Å². The van der Waals surface area contributed by atoms with E-state index >= 15 is 4.39 Å². The van der Waals surface area contributed by atoms with Crippen LogP contribution < -0.4 is 10.1 Å². The van der Waals surface area contributed by atoms with Crippen LogP contribution >= 0.6 is 23.2 Å². The third kappa shape index (κ3) is 5.34. The van der Waals surface area contributed by atoms with Gasteiger partial charge >= 0.3 is 6.55 Å². The molecule has 3 saturated heterocycles. The maximum atomic E-state index is 17.1. The largest absolute Gasteiger partial charge is 0.471 e. The summed E-state index contributed by atoms with van der Waals surface area (Å²) >= 11 is 13.1. The number of nitrogens with zero attached hydrogens (tertiary/aromatic N) is 6. The molecule has 6 heterocycles. The van der Waals surface area contributed by atoms with Crippen molar-refractivity contribution in [1.29, 1.82) is 5.26 Å². The number of fused-ring (bicyclic) bond motifs is 4. The Bertz CT molecular complexity index is 2300. The number of pyridine rings is 1. The number of alkyl halides is 2. The van der Waals surface area contributed by atoms with Crippen molar-refractivity contribution in [2.24, 2.45) is 11.8 Å². The van der Waals surface area contributed by atoms with E-state index in [0.717, 1.165) is 42.4 Å². The van der Waals surface area contributed by atoms with Gasteiger partial charge in [-0.1, -0.05) is 35.3 Å². The molecule has 14 heteroatoms. The summed E-state index contributed by atoms with van der Waals surface area (Å²) in [5.74, 6) is -0.125. The molecule has 1 N–H and O–H groups in total. The van der Waals surface area contributed by atoms with E-state index in [1.165, 1.54) is 12.3 Å². The van der Waals surface area contributed by atoms with E-state index in [1.807, 2.05) is 17.9 Å². The second-order valence-electron chi connectivity index (χ2n) is 14.4. The molecular formula is C38H34Cl2F3N7O2. The second-order valence-corrected chi connectivity index (χ2v) is 15.2. The highest BCUT2D eigenvalue weighted by Crippen LogP contribution is 2.51.